The van der Waals surface area contributed by atoms with Crippen LogP contribution >= 0.6 is 11.6 Å². The number of nitrogens with zero attached hydrogens (tertiary/aromatic N) is 3. The third-order valence-corrected chi connectivity index (χ3v) is 11.3. The molecule has 9 nitrogen and oxygen atoms in total. The van der Waals surface area contributed by atoms with Crippen molar-refractivity contribution in [2.24, 2.45) is 11.8 Å². The normalized spacial score (nSPS) is 16.9. The number of carbonyl (C=O) groups is 2. The lowest BCUT2D eigenvalue weighted by Crippen LogP contribution is -2.40. The summed E-state index contributed by atoms with van der Waals surface area (Å²) in [7, 11) is -3.60. The van der Waals surface area contributed by atoms with Crippen LogP contribution in [0.1, 0.15) is 44.6 Å². The minimum absolute atomic E-state index is 0.172. The lowest BCUT2D eigenvalue weighted by Gasteiger charge is -2.33. The highest BCUT2D eigenvalue weighted by molar-refractivity contribution is 7.89. The van der Waals surface area contributed by atoms with Crippen LogP contribution in [-0.2, 0) is 26.0 Å². The Kier molecular flexibility index (Phi) is 12.3. The van der Waals surface area contributed by atoms with E-state index in [0.717, 1.165) is 56.6 Å². The summed E-state index contributed by atoms with van der Waals surface area (Å²) in [6, 6.07) is 24.0. The van der Waals surface area contributed by atoms with Crippen LogP contribution in [0.5, 0.6) is 0 Å². The number of anilines is 2. The number of hydrogen-bond donors (Lipinski definition) is 1. The fourth-order valence-electron chi connectivity index (χ4n) is 6.42. The molecule has 2 amide bonds. The number of halogens is 1. The smallest absolute Gasteiger partial charge is 0.326 e. The molecule has 252 valence electrons. The molecule has 0 bridgehead atoms. The van der Waals surface area contributed by atoms with Gasteiger partial charge >= 0.3 is 12.0 Å². The van der Waals surface area contributed by atoms with Crippen molar-refractivity contribution in [1.82, 2.24) is 9.21 Å². The number of piperidine rings is 2. The molecule has 11 heteroatoms. The predicted octanol–water partition coefficient (Wildman–Crippen LogP) is 6.69. The molecule has 0 aliphatic carbocycles. The number of sulfonamides is 1. The van der Waals surface area contributed by atoms with Crippen molar-refractivity contribution in [3.05, 3.63) is 89.4 Å². The van der Waals surface area contributed by atoms with E-state index in [-0.39, 0.29) is 17.9 Å². The van der Waals surface area contributed by atoms with Crippen LogP contribution in [0.15, 0.2) is 83.8 Å². The van der Waals surface area contributed by atoms with E-state index in [9.17, 15) is 18.0 Å². The summed E-state index contributed by atoms with van der Waals surface area (Å²) < 4.78 is 33.1. The van der Waals surface area contributed by atoms with Gasteiger partial charge in [0.1, 0.15) is 0 Å². The van der Waals surface area contributed by atoms with Crippen LogP contribution in [-0.4, -0.2) is 75.5 Å². The number of amides is 2. The third-order valence-electron chi connectivity index (χ3n) is 9.13. The molecular weight excluding hydrogens is 636 g/mol. The van der Waals surface area contributed by atoms with Crippen molar-refractivity contribution in [2.45, 2.75) is 50.3 Å². The number of likely N-dealkylation sites (tertiary alicyclic amines) is 1. The van der Waals surface area contributed by atoms with Gasteiger partial charge in [-0.25, -0.2) is 13.2 Å². The van der Waals surface area contributed by atoms with Gasteiger partial charge in [0.25, 0.3) is 0 Å². The highest BCUT2D eigenvalue weighted by atomic mass is 35.5. The molecule has 47 heavy (non-hydrogen) atoms. The molecule has 0 atom stereocenters. The summed E-state index contributed by atoms with van der Waals surface area (Å²) in [6.45, 7) is 6.28. The van der Waals surface area contributed by atoms with Crippen molar-refractivity contribution in [1.29, 1.82) is 0 Å². The first-order valence-corrected chi connectivity index (χ1v) is 18.4. The van der Waals surface area contributed by atoms with Gasteiger partial charge in [-0.05, 0) is 125 Å². The van der Waals surface area contributed by atoms with Crippen molar-refractivity contribution in [2.75, 3.05) is 56.1 Å². The molecular formula is C36H45ClN4O5S. The summed E-state index contributed by atoms with van der Waals surface area (Å²) in [6.07, 6.45) is 4.90. The topological polar surface area (TPSA) is 99.3 Å². The van der Waals surface area contributed by atoms with Gasteiger partial charge in [0.2, 0.25) is 10.0 Å². The molecule has 1 N–H and O–H groups in total. The maximum absolute atomic E-state index is 13.2. The van der Waals surface area contributed by atoms with Gasteiger partial charge in [-0.2, -0.15) is 4.31 Å². The van der Waals surface area contributed by atoms with Gasteiger partial charge in [0, 0.05) is 36.0 Å². The first-order chi connectivity index (χ1) is 22.7. The summed E-state index contributed by atoms with van der Waals surface area (Å²) in [5.41, 5.74) is 2.70. The Balaban J connectivity index is 1.06. The van der Waals surface area contributed by atoms with E-state index in [1.165, 1.54) is 4.31 Å². The van der Waals surface area contributed by atoms with E-state index in [0.29, 0.717) is 60.6 Å². The number of rotatable bonds is 12. The summed E-state index contributed by atoms with van der Waals surface area (Å²) in [4.78, 5) is 29.8. The van der Waals surface area contributed by atoms with Crippen molar-refractivity contribution >= 4 is 45.0 Å². The SMILES string of the molecule is CCOC(=O)C1CCN(S(=O)(=O)c2ccc(CC3CCN(CCCN(C(=O)Nc4ccc(Cl)cc4)c4ccccc4)CC3)cc2)CC1. The molecule has 3 aromatic rings. The monoisotopic (exact) mass is 680 g/mol. The van der Waals surface area contributed by atoms with Gasteiger partial charge < -0.3 is 15.0 Å². The summed E-state index contributed by atoms with van der Waals surface area (Å²) >= 11 is 6.00. The number of esters is 1. The molecule has 0 radical (unpaired) electrons. The Hall–Kier alpha value is -3.44. The molecule has 2 heterocycles. The van der Waals surface area contributed by atoms with Crippen molar-refractivity contribution in [3.63, 3.8) is 0 Å². The maximum atomic E-state index is 13.2. The Morgan fingerprint density at radius 1 is 0.894 bits per heavy atom. The van der Waals surface area contributed by atoms with E-state index in [1.807, 2.05) is 42.5 Å². The third kappa shape index (κ3) is 9.56. The second-order valence-corrected chi connectivity index (χ2v) is 14.7. The van der Waals surface area contributed by atoms with E-state index in [4.69, 9.17) is 16.3 Å². The zero-order valence-electron chi connectivity index (χ0n) is 27.0. The van der Waals surface area contributed by atoms with Crippen molar-refractivity contribution < 1.29 is 22.7 Å². The van der Waals surface area contributed by atoms with Crippen LogP contribution < -0.4 is 10.2 Å². The summed E-state index contributed by atoms with van der Waals surface area (Å²) in [5, 5.41) is 3.61. The average molecular weight is 681 g/mol. The van der Waals surface area contributed by atoms with Gasteiger partial charge in [0.15, 0.2) is 0 Å². The van der Waals surface area contributed by atoms with Gasteiger partial charge in [-0.1, -0.05) is 41.9 Å². The number of ether oxygens (including phenoxy) is 1. The Bertz CT molecular complexity index is 1560. The quantitative estimate of drug-likeness (QED) is 0.214. The fraction of sp³-hybridized carbons (Fsp3) is 0.444. The van der Waals surface area contributed by atoms with E-state index < -0.39 is 10.0 Å². The number of benzene rings is 3. The zero-order valence-corrected chi connectivity index (χ0v) is 28.6. The molecule has 3 aromatic carbocycles. The first-order valence-electron chi connectivity index (χ1n) is 16.6. The minimum atomic E-state index is -3.60. The van der Waals surface area contributed by atoms with Gasteiger partial charge in [-0.15, -0.1) is 0 Å². The maximum Gasteiger partial charge on any atom is 0.326 e. The zero-order chi connectivity index (χ0) is 33.2. The largest absolute Gasteiger partial charge is 0.466 e. The van der Waals surface area contributed by atoms with Crippen LogP contribution in [0.4, 0.5) is 16.2 Å². The molecule has 2 aliphatic heterocycles. The molecule has 2 aliphatic rings. The lowest BCUT2D eigenvalue weighted by atomic mass is 9.90. The highest BCUT2D eigenvalue weighted by Gasteiger charge is 2.32. The Morgan fingerprint density at radius 2 is 1.55 bits per heavy atom. The van der Waals surface area contributed by atoms with E-state index >= 15 is 0 Å². The van der Waals surface area contributed by atoms with E-state index in [1.54, 1.807) is 48.2 Å². The summed E-state index contributed by atoms with van der Waals surface area (Å²) in [5.74, 6) is 0.0812. The number of urea groups is 1. The van der Waals surface area contributed by atoms with Crippen LogP contribution in [0.3, 0.4) is 0 Å². The number of hydrogen-bond acceptors (Lipinski definition) is 6. The van der Waals surface area contributed by atoms with Gasteiger partial charge in [0.05, 0.1) is 17.4 Å². The molecule has 0 saturated carbocycles. The molecule has 0 aromatic heterocycles. The van der Waals surface area contributed by atoms with Crippen LogP contribution in [0.2, 0.25) is 5.02 Å². The Labute approximate surface area is 283 Å². The second-order valence-electron chi connectivity index (χ2n) is 12.3. The highest BCUT2D eigenvalue weighted by Crippen LogP contribution is 2.27. The molecule has 0 spiro atoms. The second kappa shape index (κ2) is 16.6. The first kappa shape index (κ1) is 34.9. The number of para-hydroxylation sites is 1. The molecule has 0 unspecified atom stereocenters. The number of nitrogens with one attached hydrogen (secondary N) is 1. The standard InChI is InChI=1S/C36H45ClN4O5S/c1-2-46-35(42)30-19-25-40(26-20-30)47(44,45)34-15-9-28(10-16-34)27-29-17-23-39(24-18-29)21-6-22-41(33-7-4-3-5-8-33)36(43)38-32-13-11-31(37)12-14-32/h3-5,7-16,29-30H,2,6,17-27H2,1H3,(H,38,43). The van der Waals surface area contributed by atoms with Gasteiger partial charge in [-0.3, -0.25) is 9.69 Å². The van der Waals surface area contributed by atoms with Crippen LogP contribution in [0, 0.1) is 11.8 Å². The van der Waals surface area contributed by atoms with E-state index in [2.05, 4.69) is 10.2 Å². The lowest BCUT2D eigenvalue weighted by molar-refractivity contribution is -0.149. The predicted molar refractivity (Wildman–Crippen MR) is 186 cm³/mol. The van der Waals surface area contributed by atoms with Crippen molar-refractivity contribution in [3.8, 4) is 0 Å². The molecule has 5 rings (SSSR count). The fourth-order valence-corrected chi connectivity index (χ4v) is 8.01. The molecule has 2 saturated heterocycles. The minimum Gasteiger partial charge on any atom is -0.466 e. The molecule has 2 fully saturated rings. The van der Waals surface area contributed by atoms with Crippen LogP contribution in [0.25, 0.3) is 0 Å². The Morgan fingerprint density at radius 3 is 2.19 bits per heavy atom. The number of carbonyl (C=O) groups excluding carboxylic acids is 2. The average Bonchev–Trinajstić information content (AvgIpc) is 3.09.